The molecule has 2 rings (SSSR count). The highest BCUT2D eigenvalue weighted by Gasteiger charge is 2.32. The highest BCUT2D eigenvalue weighted by molar-refractivity contribution is 5.39. The summed E-state index contributed by atoms with van der Waals surface area (Å²) in [5.41, 5.74) is 0.0643. The van der Waals surface area contributed by atoms with Crippen LogP contribution in [0.3, 0.4) is 0 Å². The molecule has 0 aliphatic heterocycles. The maximum Gasteiger partial charge on any atom is 0.433 e. The molecule has 0 aliphatic rings. The maximum atomic E-state index is 12.4. The van der Waals surface area contributed by atoms with E-state index in [0.717, 1.165) is 17.8 Å². The van der Waals surface area contributed by atoms with Gasteiger partial charge in [-0.1, -0.05) is 32.0 Å². The van der Waals surface area contributed by atoms with Crippen LogP contribution in [0, 0.1) is 0 Å². The zero-order valence-corrected chi connectivity index (χ0v) is 11.1. The average molecular weight is 281 g/mol. The number of rotatable bonds is 3. The van der Waals surface area contributed by atoms with E-state index in [-0.39, 0.29) is 11.7 Å². The van der Waals surface area contributed by atoms with Crippen molar-refractivity contribution in [1.29, 1.82) is 0 Å². The highest BCUT2D eigenvalue weighted by atomic mass is 19.4. The molecule has 5 heteroatoms. The normalized spacial score (nSPS) is 11.7. The number of pyridine rings is 1. The summed E-state index contributed by atoms with van der Waals surface area (Å²) >= 11 is 0. The Bertz CT molecular complexity index is 576. The first-order valence-corrected chi connectivity index (χ1v) is 6.18. The van der Waals surface area contributed by atoms with E-state index in [2.05, 4.69) is 4.98 Å². The van der Waals surface area contributed by atoms with Crippen LogP contribution in [0.4, 0.5) is 13.2 Å². The van der Waals surface area contributed by atoms with Crippen molar-refractivity contribution in [2.75, 3.05) is 0 Å². The highest BCUT2D eigenvalue weighted by Crippen LogP contribution is 2.32. The Balaban J connectivity index is 2.23. The summed E-state index contributed by atoms with van der Waals surface area (Å²) in [6.07, 6.45) is -3.35. The maximum absolute atomic E-state index is 12.4. The third-order valence-corrected chi connectivity index (χ3v) is 2.80. The molecule has 0 fully saturated rings. The van der Waals surface area contributed by atoms with E-state index in [4.69, 9.17) is 4.74 Å². The monoisotopic (exact) mass is 281 g/mol. The van der Waals surface area contributed by atoms with Gasteiger partial charge in [0.1, 0.15) is 17.2 Å². The summed E-state index contributed by atoms with van der Waals surface area (Å²) < 4.78 is 42.8. The summed E-state index contributed by atoms with van der Waals surface area (Å²) in [5, 5.41) is 0. The fourth-order valence-electron chi connectivity index (χ4n) is 1.79. The second-order valence-corrected chi connectivity index (χ2v) is 4.67. The molecule has 0 atom stereocenters. The first-order chi connectivity index (χ1) is 9.38. The summed E-state index contributed by atoms with van der Waals surface area (Å²) in [4.78, 5) is 3.37. The van der Waals surface area contributed by atoms with Crippen molar-refractivity contribution in [3.05, 3.63) is 53.9 Å². The molecule has 20 heavy (non-hydrogen) atoms. The predicted octanol–water partition coefficient (Wildman–Crippen LogP) is 5.02. The lowest BCUT2D eigenvalue weighted by Crippen LogP contribution is -2.07. The molecule has 2 aromatic rings. The molecule has 0 amide bonds. The number of para-hydroxylation sites is 1. The topological polar surface area (TPSA) is 22.1 Å². The van der Waals surface area contributed by atoms with Gasteiger partial charge in [0, 0.05) is 0 Å². The summed E-state index contributed by atoms with van der Waals surface area (Å²) in [7, 11) is 0. The van der Waals surface area contributed by atoms with Crippen LogP contribution in [0.2, 0.25) is 0 Å². The largest absolute Gasteiger partial charge is 0.455 e. The van der Waals surface area contributed by atoms with Crippen molar-refractivity contribution in [3.63, 3.8) is 0 Å². The average Bonchev–Trinajstić information content (AvgIpc) is 2.38. The molecule has 2 nitrogen and oxygen atoms in total. The van der Waals surface area contributed by atoms with E-state index in [0.29, 0.717) is 5.75 Å². The molecule has 0 aliphatic carbocycles. The Morgan fingerprint density at radius 2 is 1.75 bits per heavy atom. The van der Waals surface area contributed by atoms with Crippen LogP contribution < -0.4 is 4.74 Å². The number of nitrogens with zero attached hydrogens (tertiary/aromatic N) is 1. The minimum absolute atomic E-state index is 0.258. The van der Waals surface area contributed by atoms with Gasteiger partial charge in [-0.15, -0.1) is 0 Å². The molecule has 0 radical (unpaired) electrons. The van der Waals surface area contributed by atoms with Gasteiger partial charge in [-0.25, -0.2) is 4.98 Å². The lowest BCUT2D eigenvalue weighted by molar-refractivity contribution is -0.141. The number of hydrogen-bond acceptors (Lipinski definition) is 2. The molecule has 1 aromatic heterocycles. The van der Waals surface area contributed by atoms with E-state index < -0.39 is 11.9 Å². The Morgan fingerprint density at radius 3 is 2.30 bits per heavy atom. The summed E-state index contributed by atoms with van der Waals surface area (Å²) in [6.45, 7) is 4.04. The number of alkyl halides is 3. The lowest BCUT2D eigenvalue weighted by atomic mass is 10.0. The van der Waals surface area contributed by atoms with Crippen LogP contribution in [0.25, 0.3) is 0 Å². The van der Waals surface area contributed by atoms with Crippen molar-refractivity contribution in [1.82, 2.24) is 4.98 Å². The van der Waals surface area contributed by atoms with Crippen molar-refractivity contribution in [2.24, 2.45) is 0 Å². The standard InChI is InChI=1S/C15H14F3NO/c1-10(2)12-5-3-4-6-13(12)20-11-7-8-14(19-9-11)15(16,17)18/h3-10H,1-2H3. The van der Waals surface area contributed by atoms with Crippen LogP contribution in [0.5, 0.6) is 11.5 Å². The molecule has 106 valence electrons. The van der Waals surface area contributed by atoms with Crippen molar-refractivity contribution >= 4 is 0 Å². The number of hydrogen-bond donors (Lipinski definition) is 0. The Kier molecular flexibility index (Phi) is 3.97. The first kappa shape index (κ1) is 14.4. The van der Waals surface area contributed by atoms with E-state index in [1.165, 1.54) is 6.07 Å². The second kappa shape index (κ2) is 5.53. The summed E-state index contributed by atoms with van der Waals surface area (Å²) in [5.74, 6) is 1.17. The molecule has 1 heterocycles. The van der Waals surface area contributed by atoms with Gasteiger partial charge in [0.25, 0.3) is 0 Å². The van der Waals surface area contributed by atoms with Crippen LogP contribution in [0.15, 0.2) is 42.6 Å². The number of aromatic nitrogens is 1. The molecular formula is C15H14F3NO. The van der Waals surface area contributed by atoms with E-state index in [1.807, 2.05) is 32.0 Å². The quantitative estimate of drug-likeness (QED) is 0.788. The molecule has 1 aromatic carbocycles. The van der Waals surface area contributed by atoms with E-state index in [9.17, 15) is 13.2 Å². The molecule has 0 N–H and O–H groups in total. The molecule has 0 saturated carbocycles. The number of ether oxygens (including phenoxy) is 1. The first-order valence-electron chi connectivity index (χ1n) is 6.18. The van der Waals surface area contributed by atoms with Gasteiger partial charge < -0.3 is 4.74 Å². The molecule has 0 unspecified atom stereocenters. The second-order valence-electron chi connectivity index (χ2n) is 4.67. The lowest BCUT2D eigenvalue weighted by Gasteiger charge is -2.13. The van der Waals surface area contributed by atoms with Crippen molar-refractivity contribution in [3.8, 4) is 11.5 Å². The minimum atomic E-state index is -4.44. The number of halogens is 3. The predicted molar refractivity (Wildman–Crippen MR) is 69.8 cm³/mol. The zero-order valence-electron chi connectivity index (χ0n) is 11.1. The molecular weight excluding hydrogens is 267 g/mol. The van der Waals surface area contributed by atoms with Crippen LogP contribution in [0.1, 0.15) is 31.0 Å². The fourth-order valence-corrected chi connectivity index (χ4v) is 1.79. The Hall–Kier alpha value is -2.04. The van der Waals surface area contributed by atoms with Gasteiger partial charge in [0.15, 0.2) is 0 Å². The molecule has 0 saturated heterocycles. The van der Waals surface area contributed by atoms with Gasteiger partial charge in [0.2, 0.25) is 0 Å². The van der Waals surface area contributed by atoms with E-state index >= 15 is 0 Å². The Labute approximate surface area is 115 Å². The third kappa shape index (κ3) is 3.29. The molecule has 0 bridgehead atoms. The minimum Gasteiger partial charge on any atom is -0.455 e. The van der Waals surface area contributed by atoms with Gasteiger partial charge in [0.05, 0.1) is 6.20 Å². The number of benzene rings is 1. The Morgan fingerprint density at radius 1 is 1.05 bits per heavy atom. The SMILES string of the molecule is CC(C)c1ccccc1Oc1ccc(C(F)(F)F)nc1. The third-order valence-electron chi connectivity index (χ3n) is 2.80. The van der Waals surface area contributed by atoms with Crippen molar-refractivity contribution < 1.29 is 17.9 Å². The van der Waals surface area contributed by atoms with Crippen LogP contribution in [-0.2, 0) is 6.18 Å². The van der Waals surface area contributed by atoms with Crippen molar-refractivity contribution in [2.45, 2.75) is 25.9 Å². The van der Waals surface area contributed by atoms with Gasteiger partial charge in [-0.3, -0.25) is 0 Å². The zero-order chi connectivity index (χ0) is 14.8. The van der Waals surface area contributed by atoms with Gasteiger partial charge in [-0.05, 0) is 29.7 Å². The van der Waals surface area contributed by atoms with E-state index in [1.54, 1.807) is 6.07 Å². The van der Waals surface area contributed by atoms with Gasteiger partial charge in [-0.2, -0.15) is 13.2 Å². The summed E-state index contributed by atoms with van der Waals surface area (Å²) in [6, 6.07) is 9.61. The fraction of sp³-hybridized carbons (Fsp3) is 0.267. The van der Waals surface area contributed by atoms with Crippen LogP contribution >= 0.6 is 0 Å². The molecule has 0 spiro atoms. The smallest absolute Gasteiger partial charge is 0.433 e. The van der Waals surface area contributed by atoms with Gasteiger partial charge >= 0.3 is 6.18 Å². The van der Waals surface area contributed by atoms with Crippen LogP contribution in [-0.4, -0.2) is 4.98 Å².